The number of aromatic nitrogens is 2. The van der Waals surface area contributed by atoms with Crippen molar-refractivity contribution in [3.8, 4) is 0 Å². The first-order valence-electron chi connectivity index (χ1n) is 7.66. The molecule has 1 amide bonds. The maximum Gasteiger partial charge on any atom is 0.326 e. The molecule has 2 aromatic carbocycles. The van der Waals surface area contributed by atoms with Crippen LogP contribution in [-0.2, 0) is 13.5 Å². The fourth-order valence-electron chi connectivity index (χ4n) is 3.38. The molecular formula is C18H17N3O2. The van der Waals surface area contributed by atoms with Crippen LogP contribution < -0.4 is 10.6 Å². The number of hydrogen-bond acceptors (Lipinski definition) is 2. The van der Waals surface area contributed by atoms with Gasteiger partial charge >= 0.3 is 5.69 Å². The molecule has 3 aromatic rings. The summed E-state index contributed by atoms with van der Waals surface area (Å²) in [7, 11) is 1.71. The van der Waals surface area contributed by atoms with Gasteiger partial charge < -0.3 is 9.88 Å². The molecule has 1 atom stereocenters. The number of carbonyl (C=O) groups excluding carboxylic acids is 1. The number of rotatable bonds is 1. The van der Waals surface area contributed by atoms with E-state index in [1.54, 1.807) is 19.2 Å². The van der Waals surface area contributed by atoms with Gasteiger partial charge in [0.1, 0.15) is 0 Å². The van der Waals surface area contributed by atoms with Gasteiger partial charge in [-0.1, -0.05) is 18.2 Å². The van der Waals surface area contributed by atoms with Crippen LogP contribution in [0.25, 0.3) is 11.0 Å². The zero-order chi connectivity index (χ0) is 16.1. The quantitative estimate of drug-likeness (QED) is 0.751. The van der Waals surface area contributed by atoms with Crippen LogP contribution >= 0.6 is 0 Å². The van der Waals surface area contributed by atoms with Crippen molar-refractivity contribution in [3.63, 3.8) is 0 Å². The lowest BCUT2D eigenvalue weighted by molar-refractivity contribution is 0.0981. The van der Waals surface area contributed by atoms with E-state index in [1.807, 2.05) is 29.2 Å². The molecule has 2 heterocycles. The summed E-state index contributed by atoms with van der Waals surface area (Å²) in [4.78, 5) is 29.3. The summed E-state index contributed by atoms with van der Waals surface area (Å²) in [6, 6.07) is 13.5. The molecule has 116 valence electrons. The van der Waals surface area contributed by atoms with Gasteiger partial charge in [0.05, 0.1) is 11.0 Å². The van der Waals surface area contributed by atoms with Gasteiger partial charge in [-0.2, -0.15) is 0 Å². The highest BCUT2D eigenvalue weighted by atomic mass is 16.2. The predicted molar refractivity (Wildman–Crippen MR) is 90.0 cm³/mol. The third-order valence-electron chi connectivity index (χ3n) is 4.58. The summed E-state index contributed by atoms with van der Waals surface area (Å²) in [5.74, 6) is -0.0333. The summed E-state index contributed by atoms with van der Waals surface area (Å²) in [5.41, 5.74) is 4.06. The Kier molecular flexibility index (Phi) is 2.91. The van der Waals surface area contributed by atoms with E-state index in [-0.39, 0.29) is 17.6 Å². The summed E-state index contributed by atoms with van der Waals surface area (Å²) >= 11 is 0. The van der Waals surface area contributed by atoms with Crippen LogP contribution in [0, 0.1) is 0 Å². The van der Waals surface area contributed by atoms with E-state index in [9.17, 15) is 9.59 Å². The molecule has 4 rings (SSSR count). The Hall–Kier alpha value is -2.82. The van der Waals surface area contributed by atoms with Gasteiger partial charge in [0.2, 0.25) is 0 Å². The molecule has 5 nitrogen and oxygen atoms in total. The number of aromatic amines is 1. The van der Waals surface area contributed by atoms with Crippen LogP contribution in [0.5, 0.6) is 0 Å². The highest BCUT2D eigenvalue weighted by Crippen LogP contribution is 2.33. The van der Waals surface area contributed by atoms with Crippen molar-refractivity contribution in [1.29, 1.82) is 0 Å². The maximum absolute atomic E-state index is 13.0. The summed E-state index contributed by atoms with van der Waals surface area (Å²) < 4.78 is 1.54. The van der Waals surface area contributed by atoms with Gasteiger partial charge in [-0.25, -0.2) is 4.79 Å². The molecule has 0 saturated heterocycles. The van der Waals surface area contributed by atoms with E-state index in [0.717, 1.165) is 17.6 Å². The number of para-hydroxylation sites is 1. The van der Waals surface area contributed by atoms with Crippen molar-refractivity contribution in [2.75, 3.05) is 4.90 Å². The van der Waals surface area contributed by atoms with Crippen molar-refractivity contribution < 1.29 is 4.79 Å². The number of aryl methyl sites for hydroxylation is 1. The smallest absolute Gasteiger partial charge is 0.306 e. The molecule has 0 aliphatic carbocycles. The van der Waals surface area contributed by atoms with Crippen LogP contribution in [0.4, 0.5) is 5.69 Å². The van der Waals surface area contributed by atoms with E-state index in [1.165, 1.54) is 10.1 Å². The average Bonchev–Trinajstić information content (AvgIpc) is 3.02. The number of H-pyrrole nitrogens is 1. The first-order valence-corrected chi connectivity index (χ1v) is 7.66. The standard InChI is InChI=1S/C18H17N3O2/c1-11-9-12-5-3-4-6-15(12)21(11)17(22)13-7-8-16-14(10-13)19-18(23)20(16)2/h3-8,10-11H,9H2,1-2H3,(H,19,23). The Morgan fingerprint density at radius 2 is 2.00 bits per heavy atom. The van der Waals surface area contributed by atoms with Crippen molar-refractivity contribution in [2.45, 2.75) is 19.4 Å². The molecular weight excluding hydrogens is 290 g/mol. The number of nitrogens with zero attached hydrogens (tertiary/aromatic N) is 2. The fraction of sp³-hybridized carbons (Fsp3) is 0.222. The van der Waals surface area contributed by atoms with Crippen LogP contribution in [0.3, 0.4) is 0 Å². The number of imidazole rings is 1. The topological polar surface area (TPSA) is 58.1 Å². The molecule has 0 fully saturated rings. The number of benzene rings is 2. The van der Waals surface area contributed by atoms with Crippen LogP contribution in [-0.4, -0.2) is 21.5 Å². The summed E-state index contributed by atoms with van der Waals surface area (Å²) in [6.45, 7) is 2.06. The summed E-state index contributed by atoms with van der Waals surface area (Å²) in [6.07, 6.45) is 0.867. The monoisotopic (exact) mass is 307 g/mol. The van der Waals surface area contributed by atoms with Crippen molar-refractivity contribution in [2.24, 2.45) is 7.05 Å². The van der Waals surface area contributed by atoms with Crippen molar-refractivity contribution >= 4 is 22.6 Å². The Labute approximate surface area is 133 Å². The van der Waals surface area contributed by atoms with E-state index in [4.69, 9.17) is 0 Å². The minimum atomic E-state index is -0.176. The minimum Gasteiger partial charge on any atom is -0.306 e. The number of fused-ring (bicyclic) bond motifs is 2. The largest absolute Gasteiger partial charge is 0.326 e. The van der Waals surface area contributed by atoms with Gasteiger partial charge in [0, 0.05) is 24.3 Å². The number of hydrogen-bond donors (Lipinski definition) is 1. The van der Waals surface area contributed by atoms with E-state index >= 15 is 0 Å². The second-order valence-corrected chi connectivity index (χ2v) is 6.08. The van der Waals surface area contributed by atoms with Gasteiger partial charge in [-0.3, -0.25) is 9.36 Å². The maximum atomic E-state index is 13.0. The fourth-order valence-corrected chi connectivity index (χ4v) is 3.38. The Bertz CT molecular complexity index is 983. The first-order chi connectivity index (χ1) is 11.1. The van der Waals surface area contributed by atoms with Gasteiger partial charge in [-0.05, 0) is 43.2 Å². The predicted octanol–water partition coefficient (Wildman–Crippen LogP) is 2.46. The molecule has 0 spiro atoms. The normalized spacial score (nSPS) is 16.8. The van der Waals surface area contributed by atoms with Crippen molar-refractivity contribution in [3.05, 3.63) is 64.1 Å². The van der Waals surface area contributed by atoms with E-state index in [0.29, 0.717) is 11.1 Å². The average molecular weight is 307 g/mol. The van der Waals surface area contributed by atoms with E-state index in [2.05, 4.69) is 18.0 Å². The van der Waals surface area contributed by atoms with Crippen LogP contribution in [0.1, 0.15) is 22.8 Å². The van der Waals surface area contributed by atoms with Gasteiger partial charge in [-0.15, -0.1) is 0 Å². The third-order valence-corrected chi connectivity index (χ3v) is 4.58. The zero-order valence-corrected chi connectivity index (χ0v) is 13.0. The first kappa shape index (κ1) is 13.8. The minimum absolute atomic E-state index is 0.0333. The molecule has 1 N–H and O–H groups in total. The molecule has 1 unspecified atom stereocenters. The number of amides is 1. The Morgan fingerprint density at radius 3 is 2.83 bits per heavy atom. The lowest BCUT2D eigenvalue weighted by Gasteiger charge is -2.22. The Morgan fingerprint density at radius 1 is 1.22 bits per heavy atom. The van der Waals surface area contributed by atoms with Crippen LogP contribution in [0.15, 0.2) is 47.3 Å². The highest BCUT2D eigenvalue weighted by Gasteiger charge is 2.31. The summed E-state index contributed by atoms with van der Waals surface area (Å²) in [5, 5.41) is 0. The molecule has 1 aliphatic heterocycles. The van der Waals surface area contributed by atoms with Gasteiger partial charge in [0.25, 0.3) is 5.91 Å². The second-order valence-electron chi connectivity index (χ2n) is 6.08. The Balaban J connectivity index is 1.79. The molecule has 0 radical (unpaired) electrons. The van der Waals surface area contributed by atoms with E-state index < -0.39 is 0 Å². The number of carbonyl (C=O) groups is 1. The highest BCUT2D eigenvalue weighted by molar-refractivity contribution is 6.09. The molecule has 1 aromatic heterocycles. The van der Waals surface area contributed by atoms with Crippen LogP contribution in [0.2, 0.25) is 0 Å². The molecule has 0 bridgehead atoms. The number of nitrogens with one attached hydrogen (secondary N) is 1. The molecule has 5 heteroatoms. The molecule has 1 aliphatic rings. The third kappa shape index (κ3) is 2.00. The zero-order valence-electron chi connectivity index (χ0n) is 13.0. The van der Waals surface area contributed by atoms with Crippen molar-refractivity contribution in [1.82, 2.24) is 9.55 Å². The SMILES string of the molecule is CC1Cc2ccccc2N1C(=O)c1ccc2c(c1)[nH]c(=O)n2C. The lowest BCUT2D eigenvalue weighted by Crippen LogP contribution is -2.35. The molecule has 0 saturated carbocycles. The lowest BCUT2D eigenvalue weighted by atomic mass is 10.1. The van der Waals surface area contributed by atoms with Gasteiger partial charge in [0.15, 0.2) is 0 Å². The molecule has 23 heavy (non-hydrogen) atoms. The number of anilines is 1. The second kappa shape index (κ2) is 4.84.